The molecule has 0 radical (unpaired) electrons. The van der Waals surface area contributed by atoms with E-state index < -0.39 is 12.1 Å². The molecular formula is C13H15IO3. The second-order valence-electron chi connectivity index (χ2n) is 3.93. The lowest BCUT2D eigenvalue weighted by atomic mass is 10.0. The number of ether oxygens (including phenoxy) is 1. The normalized spacial score (nSPS) is 12.3. The van der Waals surface area contributed by atoms with E-state index in [1.807, 2.05) is 12.1 Å². The summed E-state index contributed by atoms with van der Waals surface area (Å²) in [6, 6.07) is 7.25. The van der Waals surface area contributed by atoms with E-state index in [0.29, 0.717) is 5.56 Å². The van der Waals surface area contributed by atoms with E-state index >= 15 is 0 Å². The van der Waals surface area contributed by atoms with Crippen LogP contribution in [0.2, 0.25) is 0 Å². The monoisotopic (exact) mass is 346 g/mol. The van der Waals surface area contributed by atoms with Gasteiger partial charge >= 0.3 is 5.97 Å². The molecule has 1 unspecified atom stereocenters. The van der Waals surface area contributed by atoms with Crippen LogP contribution in [-0.2, 0) is 9.53 Å². The minimum Gasteiger partial charge on any atom is -0.460 e. The van der Waals surface area contributed by atoms with Crippen molar-refractivity contribution in [3.8, 4) is 0 Å². The lowest BCUT2D eigenvalue weighted by Crippen LogP contribution is -2.17. The SMILES string of the molecule is C=C(C(=O)OC(C)C)C(O)c1ccc(I)cc1. The van der Waals surface area contributed by atoms with Crippen LogP contribution in [0.15, 0.2) is 36.4 Å². The van der Waals surface area contributed by atoms with Gasteiger partial charge in [0, 0.05) is 3.57 Å². The van der Waals surface area contributed by atoms with Gasteiger partial charge in [0.25, 0.3) is 0 Å². The van der Waals surface area contributed by atoms with Crippen LogP contribution in [0.5, 0.6) is 0 Å². The minimum absolute atomic E-state index is 0.0555. The van der Waals surface area contributed by atoms with E-state index in [2.05, 4.69) is 29.2 Å². The molecule has 1 aromatic rings. The molecule has 4 heteroatoms. The first-order valence-corrected chi connectivity index (χ1v) is 6.33. The Labute approximate surface area is 115 Å². The van der Waals surface area contributed by atoms with E-state index in [1.165, 1.54) is 0 Å². The van der Waals surface area contributed by atoms with Crippen molar-refractivity contribution in [2.45, 2.75) is 26.1 Å². The van der Waals surface area contributed by atoms with Gasteiger partial charge in [-0.15, -0.1) is 0 Å². The first-order chi connectivity index (χ1) is 7.91. The fourth-order valence-electron chi connectivity index (χ4n) is 1.25. The predicted octanol–water partition coefficient (Wildman–Crippen LogP) is 2.83. The molecule has 0 heterocycles. The lowest BCUT2D eigenvalue weighted by Gasteiger charge is -2.15. The standard InChI is InChI=1S/C13H15IO3/c1-8(2)17-13(16)9(3)12(15)10-4-6-11(14)7-5-10/h4-8,12,15H,3H2,1-2H3. The number of hydrogen-bond donors (Lipinski definition) is 1. The Morgan fingerprint density at radius 3 is 2.35 bits per heavy atom. The van der Waals surface area contributed by atoms with Crippen molar-refractivity contribution >= 4 is 28.6 Å². The van der Waals surface area contributed by atoms with Gasteiger partial charge in [-0.25, -0.2) is 4.79 Å². The quantitative estimate of drug-likeness (QED) is 0.518. The highest BCUT2D eigenvalue weighted by atomic mass is 127. The number of aliphatic hydroxyl groups is 1. The van der Waals surface area contributed by atoms with Crippen LogP contribution >= 0.6 is 22.6 Å². The predicted molar refractivity (Wildman–Crippen MR) is 74.5 cm³/mol. The van der Waals surface area contributed by atoms with Crippen LogP contribution in [0.25, 0.3) is 0 Å². The first kappa shape index (κ1) is 14.2. The summed E-state index contributed by atoms with van der Waals surface area (Å²) >= 11 is 2.17. The van der Waals surface area contributed by atoms with Gasteiger partial charge in [-0.2, -0.15) is 0 Å². The van der Waals surface area contributed by atoms with E-state index in [0.717, 1.165) is 3.57 Å². The Balaban J connectivity index is 2.76. The van der Waals surface area contributed by atoms with Gasteiger partial charge < -0.3 is 9.84 Å². The van der Waals surface area contributed by atoms with E-state index in [4.69, 9.17) is 4.74 Å². The summed E-state index contributed by atoms with van der Waals surface area (Å²) in [7, 11) is 0. The number of hydrogen-bond acceptors (Lipinski definition) is 3. The zero-order chi connectivity index (χ0) is 13.0. The molecule has 1 atom stereocenters. The van der Waals surface area contributed by atoms with Gasteiger partial charge in [0.2, 0.25) is 0 Å². The Bertz CT molecular complexity index is 409. The van der Waals surface area contributed by atoms with Gasteiger partial charge in [0.05, 0.1) is 11.7 Å². The third-order valence-corrected chi connectivity index (χ3v) is 2.84. The van der Waals surface area contributed by atoms with Crippen LogP contribution in [0.1, 0.15) is 25.5 Å². The van der Waals surface area contributed by atoms with Gasteiger partial charge in [0.1, 0.15) is 6.10 Å². The van der Waals surface area contributed by atoms with Crippen molar-refractivity contribution in [3.63, 3.8) is 0 Å². The highest BCUT2D eigenvalue weighted by Gasteiger charge is 2.20. The maximum absolute atomic E-state index is 11.6. The summed E-state index contributed by atoms with van der Waals surface area (Å²) in [5.74, 6) is -0.564. The Hall–Kier alpha value is -0.880. The molecule has 0 saturated heterocycles. The number of halogens is 1. The maximum Gasteiger partial charge on any atom is 0.336 e. The highest BCUT2D eigenvalue weighted by molar-refractivity contribution is 14.1. The van der Waals surface area contributed by atoms with Gasteiger partial charge in [-0.05, 0) is 54.1 Å². The maximum atomic E-state index is 11.6. The molecule has 0 bridgehead atoms. The lowest BCUT2D eigenvalue weighted by molar-refractivity contribution is -0.143. The highest BCUT2D eigenvalue weighted by Crippen LogP contribution is 2.22. The molecule has 1 rings (SSSR count). The molecule has 17 heavy (non-hydrogen) atoms. The molecule has 0 aliphatic rings. The zero-order valence-electron chi connectivity index (χ0n) is 9.81. The summed E-state index contributed by atoms with van der Waals surface area (Å²) in [6.45, 7) is 7.08. The van der Waals surface area contributed by atoms with Crippen molar-refractivity contribution in [2.24, 2.45) is 0 Å². The molecule has 0 aliphatic carbocycles. The summed E-state index contributed by atoms with van der Waals surface area (Å²) in [5.41, 5.74) is 0.691. The number of aliphatic hydroxyl groups excluding tert-OH is 1. The smallest absolute Gasteiger partial charge is 0.336 e. The molecule has 3 nitrogen and oxygen atoms in total. The molecule has 92 valence electrons. The molecule has 0 aromatic heterocycles. The second kappa shape index (κ2) is 6.16. The molecule has 0 aliphatic heterocycles. The Kier molecular flexibility index (Phi) is 5.14. The molecule has 1 N–H and O–H groups in total. The summed E-state index contributed by atoms with van der Waals surface area (Å²) in [5, 5.41) is 9.96. The molecular weight excluding hydrogens is 331 g/mol. The van der Waals surface area contributed by atoms with Gasteiger partial charge in [-0.1, -0.05) is 18.7 Å². The molecule has 0 spiro atoms. The van der Waals surface area contributed by atoms with Crippen molar-refractivity contribution in [1.29, 1.82) is 0 Å². The molecule has 0 fully saturated rings. The molecule has 0 saturated carbocycles. The fraction of sp³-hybridized carbons (Fsp3) is 0.308. The number of carbonyl (C=O) groups excluding carboxylic acids is 1. The van der Waals surface area contributed by atoms with Crippen molar-refractivity contribution < 1.29 is 14.6 Å². The van der Waals surface area contributed by atoms with E-state index in [1.54, 1.807) is 26.0 Å². The molecule has 1 aromatic carbocycles. The first-order valence-electron chi connectivity index (χ1n) is 5.25. The van der Waals surface area contributed by atoms with Gasteiger partial charge in [0.15, 0.2) is 0 Å². The van der Waals surface area contributed by atoms with Crippen LogP contribution in [0.4, 0.5) is 0 Å². The number of esters is 1. The van der Waals surface area contributed by atoms with Crippen molar-refractivity contribution in [2.75, 3.05) is 0 Å². The van der Waals surface area contributed by atoms with Gasteiger partial charge in [-0.3, -0.25) is 0 Å². The number of benzene rings is 1. The third-order valence-electron chi connectivity index (χ3n) is 2.12. The van der Waals surface area contributed by atoms with E-state index in [9.17, 15) is 9.90 Å². The van der Waals surface area contributed by atoms with E-state index in [-0.39, 0.29) is 11.7 Å². The fourth-order valence-corrected chi connectivity index (χ4v) is 1.61. The zero-order valence-corrected chi connectivity index (χ0v) is 12.0. The third kappa shape index (κ3) is 4.12. The summed E-state index contributed by atoms with van der Waals surface area (Å²) < 4.78 is 6.04. The summed E-state index contributed by atoms with van der Waals surface area (Å²) in [4.78, 5) is 11.6. The average Bonchev–Trinajstić information content (AvgIpc) is 2.27. The summed E-state index contributed by atoms with van der Waals surface area (Å²) in [6.07, 6.45) is -1.23. The van der Waals surface area contributed by atoms with Crippen LogP contribution in [0.3, 0.4) is 0 Å². The second-order valence-corrected chi connectivity index (χ2v) is 5.18. The van der Waals surface area contributed by atoms with Crippen LogP contribution in [0, 0.1) is 3.57 Å². The van der Waals surface area contributed by atoms with Crippen LogP contribution in [-0.4, -0.2) is 17.2 Å². The number of rotatable bonds is 4. The Morgan fingerprint density at radius 1 is 1.35 bits per heavy atom. The largest absolute Gasteiger partial charge is 0.460 e. The number of carbonyl (C=O) groups is 1. The van der Waals surface area contributed by atoms with Crippen molar-refractivity contribution in [3.05, 3.63) is 45.6 Å². The van der Waals surface area contributed by atoms with Crippen LogP contribution < -0.4 is 0 Å². The minimum atomic E-state index is -1.02. The Morgan fingerprint density at radius 2 is 1.88 bits per heavy atom. The topological polar surface area (TPSA) is 46.5 Å². The molecule has 0 amide bonds. The van der Waals surface area contributed by atoms with Crippen molar-refractivity contribution in [1.82, 2.24) is 0 Å². The average molecular weight is 346 g/mol.